The van der Waals surface area contributed by atoms with Gasteiger partial charge in [0.05, 0.1) is 36.9 Å². The predicted octanol–water partition coefficient (Wildman–Crippen LogP) is 1.26. The smallest absolute Gasteiger partial charge is 0.306 e. The third-order valence-electron chi connectivity index (χ3n) is 3.96. The van der Waals surface area contributed by atoms with Crippen LogP contribution >= 0.6 is 0 Å². The molecule has 25 heavy (non-hydrogen) atoms. The van der Waals surface area contributed by atoms with Gasteiger partial charge in [-0.25, -0.2) is 9.07 Å². The monoisotopic (exact) mass is 347 g/mol. The van der Waals surface area contributed by atoms with Crippen LogP contribution in [0.4, 0.5) is 4.39 Å². The Morgan fingerprint density at radius 2 is 2.04 bits per heavy atom. The highest BCUT2D eigenvalue weighted by Gasteiger charge is 2.26. The molecule has 7 nitrogen and oxygen atoms in total. The second kappa shape index (κ2) is 7.43. The van der Waals surface area contributed by atoms with E-state index in [-0.39, 0.29) is 31.1 Å². The minimum Gasteiger partial charge on any atom is -0.481 e. The number of rotatable bonds is 5. The van der Waals surface area contributed by atoms with Gasteiger partial charge in [0, 0.05) is 19.3 Å². The van der Waals surface area contributed by atoms with E-state index in [9.17, 15) is 14.0 Å². The highest BCUT2D eigenvalue weighted by molar-refractivity contribution is 5.78. The quantitative estimate of drug-likeness (QED) is 0.880. The Bertz CT molecular complexity index is 760. The maximum Gasteiger partial charge on any atom is 0.306 e. The Morgan fingerprint density at radius 1 is 1.28 bits per heavy atom. The standard InChI is InChI=1S/C17H18FN3O4/c18-12-1-3-14(4-2-12)21-6-5-13(19-21)9-16(22)20-7-8-25-15(11-20)10-17(23)24/h1-6,15H,7-11H2,(H,23,24)/t15-/m0/s1. The summed E-state index contributed by atoms with van der Waals surface area (Å²) < 4.78 is 19.9. The van der Waals surface area contributed by atoms with Gasteiger partial charge in [0.15, 0.2) is 0 Å². The topological polar surface area (TPSA) is 84.7 Å². The Balaban J connectivity index is 1.61. The number of carbonyl (C=O) groups excluding carboxylic acids is 1. The van der Waals surface area contributed by atoms with E-state index in [1.807, 2.05) is 0 Å². The number of hydrogen-bond acceptors (Lipinski definition) is 4. The number of aliphatic carboxylic acids is 1. The molecule has 1 fully saturated rings. The summed E-state index contributed by atoms with van der Waals surface area (Å²) in [5, 5.41) is 13.2. The minimum absolute atomic E-state index is 0.119. The van der Waals surface area contributed by atoms with Crippen molar-refractivity contribution in [1.29, 1.82) is 0 Å². The third kappa shape index (κ3) is 4.42. The molecule has 0 bridgehead atoms. The average molecular weight is 347 g/mol. The van der Waals surface area contributed by atoms with E-state index < -0.39 is 12.1 Å². The second-order valence-electron chi connectivity index (χ2n) is 5.84. The maximum atomic E-state index is 13.0. The number of nitrogens with zero attached hydrogens (tertiary/aromatic N) is 3. The zero-order valence-electron chi connectivity index (χ0n) is 13.5. The zero-order chi connectivity index (χ0) is 17.8. The van der Waals surface area contributed by atoms with E-state index in [0.29, 0.717) is 24.5 Å². The number of halogens is 1. The van der Waals surface area contributed by atoms with Crippen LogP contribution in [0, 0.1) is 5.82 Å². The fourth-order valence-electron chi connectivity index (χ4n) is 2.72. The molecule has 132 valence electrons. The van der Waals surface area contributed by atoms with Crippen LogP contribution in [0.5, 0.6) is 0 Å². The molecule has 1 amide bonds. The summed E-state index contributed by atoms with van der Waals surface area (Å²) in [4.78, 5) is 24.8. The van der Waals surface area contributed by atoms with Crippen molar-refractivity contribution in [2.24, 2.45) is 0 Å². The first-order valence-corrected chi connectivity index (χ1v) is 7.93. The highest BCUT2D eigenvalue weighted by atomic mass is 19.1. The molecule has 0 saturated carbocycles. The molecule has 1 saturated heterocycles. The van der Waals surface area contributed by atoms with Gasteiger partial charge in [0.1, 0.15) is 5.82 Å². The summed E-state index contributed by atoms with van der Waals surface area (Å²) in [6.45, 7) is 1.03. The molecule has 1 aliphatic heterocycles. The van der Waals surface area contributed by atoms with Gasteiger partial charge in [-0.1, -0.05) is 0 Å². The van der Waals surface area contributed by atoms with Crippen molar-refractivity contribution in [3.8, 4) is 5.69 Å². The molecule has 0 spiro atoms. The molecule has 2 aromatic rings. The highest BCUT2D eigenvalue weighted by Crippen LogP contribution is 2.12. The van der Waals surface area contributed by atoms with Gasteiger partial charge in [0.25, 0.3) is 0 Å². The Kier molecular flexibility index (Phi) is 5.08. The van der Waals surface area contributed by atoms with Gasteiger partial charge >= 0.3 is 5.97 Å². The Labute approximate surface area is 143 Å². The average Bonchev–Trinajstić information content (AvgIpc) is 3.03. The van der Waals surface area contributed by atoms with Crippen LogP contribution in [0.2, 0.25) is 0 Å². The van der Waals surface area contributed by atoms with Crippen LogP contribution in [-0.4, -0.2) is 57.5 Å². The fraction of sp³-hybridized carbons (Fsp3) is 0.353. The van der Waals surface area contributed by atoms with Crippen molar-refractivity contribution in [1.82, 2.24) is 14.7 Å². The molecule has 0 radical (unpaired) electrons. The van der Waals surface area contributed by atoms with Crippen molar-refractivity contribution >= 4 is 11.9 Å². The van der Waals surface area contributed by atoms with Crippen LogP contribution in [0.1, 0.15) is 12.1 Å². The molecule has 8 heteroatoms. The van der Waals surface area contributed by atoms with E-state index in [1.54, 1.807) is 34.0 Å². The van der Waals surface area contributed by atoms with Gasteiger partial charge in [-0.2, -0.15) is 5.10 Å². The molecule has 1 atom stereocenters. The molecular formula is C17H18FN3O4. The number of benzene rings is 1. The Morgan fingerprint density at radius 3 is 2.76 bits per heavy atom. The van der Waals surface area contributed by atoms with E-state index in [4.69, 9.17) is 9.84 Å². The van der Waals surface area contributed by atoms with Gasteiger partial charge in [-0.3, -0.25) is 9.59 Å². The van der Waals surface area contributed by atoms with Crippen LogP contribution in [0.15, 0.2) is 36.5 Å². The molecule has 1 aliphatic rings. The summed E-state index contributed by atoms with van der Waals surface area (Å²) in [5.41, 5.74) is 1.29. The van der Waals surface area contributed by atoms with E-state index >= 15 is 0 Å². The normalized spacial score (nSPS) is 17.5. The van der Waals surface area contributed by atoms with Crippen molar-refractivity contribution < 1.29 is 23.8 Å². The fourth-order valence-corrected chi connectivity index (χ4v) is 2.72. The van der Waals surface area contributed by atoms with Crippen LogP contribution in [-0.2, 0) is 20.7 Å². The van der Waals surface area contributed by atoms with E-state index in [1.165, 1.54) is 12.1 Å². The maximum absolute atomic E-state index is 13.0. The number of morpholine rings is 1. The molecule has 2 heterocycles. The number of hydrogen-bond donors (Lipinski definition) is 1. The van der Waals surface area contributed by atoms with Crippen LogP contribution in [0.25, 0.3) is 5.69 Å². The van der Waals surface area contributed by atoms with Gasteiger partial charge in [-0.05, 0) is 30.3 Å². The number of amides is 1. The lowest BCUT2D eigenvalue weighted by molar-refractivity contribution is -0.147. The first-order chi connectivity index (χ1) is 12.0. The lowest BCUT2D eigenvalue weighted by Gasteiger charge is -2.32. The third-order valence-corrected chi connectivity index (χ3v) is 3.96. The number of carboxylic acid groups (broad SMARTS) is 1. The first kappa shape index (κ1) is 17.1. The molecule has 0 aliphatic carbocycles. The lowest BCUT2D eigenvalue weighted by atomic mass is 10.2. The van der Waals surface area contributed by atoms with Crippen LogP contribution in [0.3, 0.4) is 0 Å². The van der Waals surface area contributed by atoms with Crippen molar-refractivity contribution in [2.45, 2.75) is 18.9 Å². The Hall–Kier alpha value is -2.74. The first-order valence-electron chi connectivity index (χ1n) is 7.93. The molecule has 1 N–H and O–H groups in total. The molecule has 0 unspecified atom stereocenters. The predicted molar refractivity (Wildman–Crippen MR) is 85.8 cm³/mol. The summed E-state index contributed by atoms with van der Waals surface area (Å²) in [6, 6.07) is 7.63. The number of aromatic nitrogens is 2. The van der Waals surface area contributed by atoms with E-state index in [0.717, 1.165) is 0 Å². The van der Waals surface area contributed by atoms with Gasteiger partial charge in [0.2, 0.25) is 5.91 Å². The van der Waals surface area contributed by atoms with Gasteiger partial charge < -0.3 is 14.7 Å². The van der Waals surface area contributed by atoms with Crippen molar-refractivity contribution in [2.75, 3.05) is 19.7 Å². The lowest BCUT2D eigenvalue weighted by Crippen LogP contribution is -2.46. The molecule has 1 aromatic carbocycles. The number of carbonyl (C=O) groups is 2. The van der Waals surface area contributed by atoms with Crippen molar-refractivity contribution in [3.63, 3.8) is 0 Å². The van der Waals surface area contributed by atoms with Crippen LogP contribution < -0.4 is 0 Å². The largest absolute Gasteiger partial charge is 0.481 e. The molecular weight excluding hydrogens is 329 g/mol. The summed E-state index contributed by atoms with van der Waals surface area (Å²) >= 11 is 0. The summed E-state index contributed by atoms with van der Waals surface area (Å²) in [5.74, 6) is -1.39. The molecule has 3 rings (SSSR count). The zero-order valence-corrected chi connectivity index (χ0v) is 13.5. The summed E-state index contributed by atoms with van der Waals surface area (Å²) in [7, 11) is 0. The minimum atomic E-state index is -0.947. The van der Waals surface area contributed by atoms with Crippen molar-refractivity contribution in [3.05, 3.63) is 48.0 Å². The number of carboxylic acids is 1. The SMILES string of the molecule is O=C(O)C[C@H]1CN(C(=O)Cc2ccn(-c3ccc(F)cc3)n2)CCO1. The second-order valence-corrected chi connectivity index (χ2v) is 5.84. The van der Waals surface area contributed by atoms with Gasteiger partial charge in [-0.15, -0.1) is 0 Å². The van der Waals surface area contributed by atoms with E-state index in [2.05, 4.69) is 5.10 Å². The number of ether oxygens (including phenoxy) is 1. The summed E-state index contributed by atoms with van der Waals surface area (Å²) in [6.07, 6.45) is 1.23. The molecule has 1 aromatic heterocycles.